The highest BCUT2D eigenvalue weighted by Crippen LogP contribution is 2.30. The molecule has 0 spiro atoms. The molecule has 0 saturated carbocycles. The number of allylic oxidation sites excluding steroid dienone is 1. The van der Waals surface area contributed by atoms with Crippen molar-refractivity contribution in [2.24, 2.45) is 12.1 Å². The molecule has 1 aliphatic heterocycles. The maximum atomic E-state index is 13.0. The highest BCUT2D eigenvalue weighted by Gasteiger charge is 2.31. The number of aromatic nitrogens is 2. The van der Waals surface area contributed by atoms with Gasteiger partial charge in [-0.2, -0.15) is 23.7 Å². The molecule has 1 aromatic carbocycles. The molecule has 0 unspecified atom stereocenters. The summed E-state index contributed by atoms with van der Waals surface area (Å²) in [5.41, 5.74) is 2.14. The Morgan fingerprint density at radius 1 is 1.16 bits per heavy atom. The quantitative estimate of drug-likeness (QED) is 0.830. The molecule has 0 fully saturated rings. The Balaban J connectivity index is 2.31. The minimum atomic E-state index is -4.55. The van der Waals surface area contributed by atoms with E-state index in [0.717, 1.165) is 21.3 Å². The normalized spacial score (nSPS) is 13.7. The lowest BCUT2D eigenvalue weighted by Crippen LogP contribution is -2.41. The first-order valence-electron chi connectivity index (χ1n) is 7.17. The maximum absolute atomic E-state index is 13.0. The summed E-state index contributed by atoms with van der Waals surface area (Å²) in [7, 11) is 1.26. The van der Waals surface area contributed by atoms with Gasteiger partial charge >= 0.3 is 11.9 Å². The van der Waals surface area contributed by atoms with Crippen LogP contribution in [0.25, 0.3) is 11.4 Å². The van der Waals surface area contributed by atoms with E-state index in [4.69, 9.17) is 0 Å². The van der Waals surface area contributed by atoms with Crippen LogP contribution in [0, 0.1) is 6.92 Å². The first-order valence-corrected chi connectivity index (χ1v) is 7.17. The number of alkyl halides is 3. The fourth-order valence-electron chi connectivity index (χ4n) is 2.60. The Labute approximate surface area is 139 Å². The summed E-state index contributed by atoms with van der Waals surface area (Å²) in [6.07, 6.45) is -1.67. The molecule has 2 aromatic rings. The van der Waals surface area contributed by atoms with Crippen LogP contribution in [0.5, 0.6) is 0 Å². The van der Waals surface area contributed by atoms with E-state index in [1.54, 1.807) is 0 Å². The number of rotatable bonds is 2. The van der Waals surface area contributed by atoms with Crippen molar-refractivity contribution < 1.29 is 13.2 Å². The van der Waals surface area contributed by atoms with Gasteiger partial charge in [0.1, 0.15) is 5.70 Å². The molecule has 0 saturated heterocycles. The molecule has 2 heterocycles. The third-order valence-electron chi connectivity index (χ3n) is 3.85. The highest BCUT2D eigenvalue weighted by molar-refractivity contribution is 5.87. The lowest BCUT2D eigenvalue weighted by atomic mass is 10.1. The molecule has 0 atom stereocenters. The number of nitrogens with zero attached hydrogens (tertiary/aromatic N) is 4. The highest BCUT2D eigenvalue weighted by atomic mass is 19.4. The Hall–Kier alpha value is -3.10. The van der Waals surface area contributed by atoms with Gasteiger partial charge in [-0.1, -0.05) is 6.07 Å². The van der Waals surface area contributed by atoms with E-state index in [1.807, 2.05) is 0 Å². The second-order valence-corrected chi connectivity index (χ2v) is 5.41. The fourth-order valence-corrected chi connectivity index (χ4v) is 2.60. The van der Waals surface area contributed by atoms with Crippen LogP contribution in [0.2, 0.25) is 0 Å². The number of hydrogen-bond donors (Lipinski definition) is 0. The van der Waals surface area contributed by atoms with Crippen molar-refractivity contribution >= 4 is 11.9 Å². The van der Waals surface area contributed by atoms with Crippen molar-refractivity contribution in [3.8, 4) is 5.69 Å². The van der Waals surface area contributed by atoms with Crippen LogP contribution in [0.1, 0.15) is 16.8 Å². The van der Waals surface area contributed by atoms with Gasteiger partial charge in [0.25, 0.3) is 5.56 Å². The van der Waals surface area contributed by atoms with E-state index >= 15 is 0 Å². The van der Waals surface area contributed by atoms with Gasteiger partial charge in [-0.05, 0) is 31.2 Å². The molecule has 25 heavy (non-hydrogen) atoms. The molecule has 1 radical (unpaired) electrons. The minimum absolute atomic E-state index is 0.00805. The van der Waals surface area contributed by atoms with Crippen LogP contribution < -0.4 is 16.7 Å². The zero-order valence-corrected chi connectivity index (χ0v) is 13.2. The third kappa shape index (κ3) is 2.77. The van der Waals surface area contributed by atoms with Crippen LogP contribution in [0.15, 0.2) is 45.0 Å². The van der Waals surface area contributed by atoms with Gasteiger partial charge in [0, 0.05) is 12.7 Å². The van der Waals surface area contributed by atoms with Gasteiger partial charge in [0.2, 0.25) is 0 Å². The molecular weight excluding hydrogens is 337 g/mol. The molecule has 0 amide bonds. The number of hydrogen-bond acceptors (Lipinski definition) is 3. The molecule has 1 aromatic heterocycles. The lowest BCUT2D eigenvalue weighted by Gasteiger charge is -2.16. The predicted octanol–water partition coefficient (Wildman–Crippen LogP) is 1.81. The molecule has 129 valence electrons. The minimum Gasteiger partial charge on any atom is -0.268 e. The zero-order valence-electron chi connectivity index (χ0n) is 13.2. The van der Waals surface area contributed by atoms with Crippen LogP contribution in [-0.2, 0) is 13.2 Å². The van der Waals surface area contributed by atoms with Crippen molar-refractivity contribution in [2.75, 3.05) is 0 Å². The van der Waals surface area contributed by atoms with Gasteiger partial charge in [0.05, 0.1) is 23.0 Å². The number of benzene rings is 1. The average molecular weight is 349 g/mol. The fraction of sp³-hybridized carbons (Fsp3) is 0.188. The van der Waals surface area contributed by atoms with E-state index < -0.39 is 23.0 Å². The van der Waals surface area contributed by atoms with Crippen molar-refractivity contribution in [2.45, 2.75) is 13.1 Å². The summed E-state index contributed by atoms with van der Waals surface area (Å²) in [5.74, 6) is 0. The Morgan fingerprint density at radius 3 is 2.48 bits per heavy atom. The second-order valence-electron chi connectivity index (χ2n) is 5.41. The molecule has 9 heteroatoms. The van der Waals surface area contributed by atoms with E-state index in [9.17, 15) is 22.8 Å². The van der Waals surface area contributed by atoms with Gasteiger partial charge in [0.15, 0.2) is 0 Å². The maximum Gasteiger partial charge on any atom is 0.416 e. The van der Waals surface area contributed by atoms with Crippen LogP contribution in [0.3, 0.4) is 0 Å². The first-order chi connectivity index (χ1) is 11.7. The van der Waals surface area contributed by atoms with Crippen LogP contribution in [0.4, 0.5) is 13.2 Å². The monoisotopic (exact) mass is 349 g/mol. The summed E-state index contributed by atoms with van der Waals surface area (Å²) in [6, 6.07) is 4.35. The van der Waals surface area contributed by atoms with Crippen molar-refractivity contribution in [1.29, 1.82) is 0 Å². The lowest BCUT2D eigenvalue weighted by molar-refractivity contribution is -0.137. The molecule has 0 aliphatic carbocycles. The Bertz CT molecular complexity index is 1030. The molecular formula is C16H12F3N4O2. The number of halogens is 3. The summed E-state index contributed by atoms with van der Waals surface area (Å²) in [4.78, 5) is 24.9. The van der Waals surface area contributed by atoms with E-state index in [1.165, 1.54) is 38.4 Å². The largest absolute Gasteiger partial charge is 0.416 e. The molecule has 1 aliphatic rings. The summed E-state index contributed by atoms with van der Waals surface area (Å²) in [6.45, 7) is 1.48. The summed E-state index contributed by atoms with van der Waals surface area (Å²) in [5, 5.41) is 3.65. The van der Waals surface area contributed by atoms with E-state index in [0.29, 0.717) is 0 Å². The van der Waals surface area contributed by atoms with Gasteiger partial charge in [-0.3, -0.25) is 13.9 Å². The Morgan fingerprint density at radius 2 is 1.88 bits per heavy atom. The Kier molecular flexibility index (Phi) is 3.86. The zero-order chi connectivity index (χ0) is 18.4. The molecule has 0 N–H and O–H groups in total. The predicted molar refractivity (Wildman–Crippen MR) is 85.6 cm³/mol. The topological polar surface area (TPSA) is 70.5 Å². The third-order valence-corrected chi connectivity index (χ3v) is 3.85. The van der Waals surface area contributed by atoms with E-state index in [2.05, 4.69) is 10.5 Å². The molecule has 3 rings (SSSR count). The van der Waals surface area contributed by atoms with E-state index in [-0.39, 0.29) is 22.6 Å². The SMILES string of the molecule is Cc1c(C2=CC=N[N]2)c(=O)n(C)c(=O)n1-c1cccc(C(F)(F)F)c1. The van der Waals surface area contributed by atoms with Crippen molar-refractivity contribution in [3.05, 3.63) is 68.0 Å². The summed E-state index contributed by atoms with van der Waals surface area (Å²) < 4.78 is 40.8. The standard InChI is InChI=1S/C16H12F3N4O2/c1-9-13(12-6-7-20-21-12)14(24)22(2)15(25)23(9)11-5-3-4-10(8-11)16(17,18)19/h3-8H,1-2H3. The van der Waals surface area contributed by atoms with Crippen molar-refractivity contribution in [3.63, 3.8) is 0 Å². The van der Waals surface area contributed by atoms with Crippen LogP contribution in [-0.4, -0.2) is 15.3 Å². The van der Waals surface area contributed by atoms with Gasteiger partial charge < -0.3 is 0 Å². The molecule has 0 bridgehead atoms. The smallest absolute Gasteiger partial charge is 0.268 e. The van der Waals surface area contributed by atoms with Crippen molar-refractivity contribution in [1.82, 2.24) is 14.6 Å². The molecule has 6 nitrogen and oxygen atoms in total. The average Bonchev–Trinajstić information content (AvgIpc) is 3.07. The second kappa shape index (κ2) is 5.76. The first kappa shape index (κ1) is 16.7. The van der Waals surface area contributed by atoms with Crippen LogP contribution >= 0.6 is 0 Å². The van der Waals surface area contributed by atoms with Gasteiger partial charge in [-0.25, -0.2) is 4.79 Å². The van der Waals surface area contributed by atoms with Gasteiger partial charge in [-0.15, -0.1) is 0 Å². The summed E-state index contributed by atoms with van der Waals surface area (Å²) >= 11 is 0.